The standard InChI is InChI=1S/C10H23NO3S/c1-4-9(2)8-15(13,14)11-10(3)6-5-7-12/h9-12H,4-8H2,1-3H3. The van der Waals surface area contributed by atoms with E-state index in [1.807, 2.05) is 20.8 Å². The largest absolute Gasteiger partial charge is 0.396 e. The number of hydrogen-bond acceptors (Lipinski definition) is 3. The quantitative estimate of drug-likeness (QED) is 0.664. The van der Waals surface area contributed by atoms with Crippen LogP contribution >= 0.6 is 0 Å². The van der Waals surface area contributed by atoms with Gasteiger partial charge in [0.2, 0.25) is 10.0 Å². The predicted molar refractivity (Wildman–Crippen MR) is 62.2 cm³/mol. The minimum Gasteiger partial charge on any atom is -0.396 e. The molecule has 0 aliphatic rings. The zero-order chi connectivity index (χ0) is 11.9. The molecule has 0 heterocycles. The Balaban J connectivity index is 4.02. The van der Waals surface area contributed by atoms with Crippen molar-refractivity contribution in [3.8, 4) is 0 Å². The number of nitrogens with one attached hydrogen (secondary N) is 1. The third-order valence-corrected chi connectivity index (χ3v) is 4.15. The van der Waals surface area contributed by atoms with Crippen molar-refractivity contribution >= 4 is 10.0 Å². The maximum absolute atomic E-state index is 11.6. The second-order valence-electron chi connectivity index (χ2n) is 4.18. The van der Waals surface area contributed by atoms with Crippen LogP contribution in [-0.2, 0) is 10.0 Å². The van der Waals surface area contributed by atoms with E-state index < -0.39 is 10.0 Å². The molecule has 0 aromatic carbocycles. The Morgan fingerprint density at radius 2 is 1.93 bits per heavy atom. The van der Waals surface area contributed by atoms with Crippen molar-refractivity contribution in [2.75, 3.05) is 12.4 Å². The highest BCUT2D eigenvalue weighted by Crippen LogP contribution is 2.06. The molecule has 92 valence electrons. The zero-order valence-corrected chi connectivity index (χ0v) is 10.7. The highest BCUT2D eigenvalue weighted by Gasteiger charge is 2.16. The number of hydrogen-bond donors (Lipinski definition) is 2. The summed E-state index contributed by atoms with van der Waals surface area (Å²) < 4.78 is 25.8. The average Bonchev–Trinajstić information content (AvgIpc) is 2.12. The SMILES string of the molecule is CCC(C)CS(=O)(=O)NC(C)CCCO. The van der Waals surface area contributed by atoms with Crippen molar-refractivity contribution < 1.29 is 13.5 Å². The van der Waals surface area contributed by atoms with Gasteiger partial charge in [-0.15, -0.1) is 0 Å². The minimum absolute atomic E-state index is 0.0915. The zero-order valence-electron chi connectivity index (χ0n) is 9.86. The smallest absolute Gasteiger partial charge is 0.212 e. The molecule has 2 unspecified atom stereocenters. The van der Waals surface area contributed by atoms with E-state index in [1.54, 1.807) is 0 Å². The van der Waals surface area contributed by atoms with Gasteiger partial charge in [0.05, 0.1) is 5.75 Å². The molecule has 0 fully saturated rings. The van der Waals surface area contributed by atoms with E-state index in [9.17, 15) is 8.42 Å². The molecule has 0 aliphatic heterocycles. The van der Waals surface area contributed by atoms with Crippen LogP contribution in [0.2, 0.25) is 0 Å². The highest BCUT2D eigenvalue weighted by atomic mass is 32.2. The molecule has 0 rings (SSSR count). The number of aliphatic hydroxyl groups excluding tert-OH is 1. The van der Waals surface area contributed by atoms with Gasteiger partial charge < -0.3 is 5.11 Å². The summed E-state index contributed by atoms with van der Waals surface area (Å²) in [6.07, 6.45) is 2.18. The van der Waals surface area contributed by atoms with Crippen LogP contribution in [0.4, 0.5) is 0 Å². The van der Waals surface area contributed by atoms with E-state index in [2.05, 4.69) is 4.72 Å². The van der Waals surface area contributed by atoms with Crippen LogP contribution < -0.4 is 4.72 Å². The molecule has 0 aromatic rings. The fourth-order valence-electron chi connectivity index (χ4n) is 1.30. The lowest BCUT2D eigenvalue weighted by Gasteiger charge is -2.15. The van der Waals surface area contributed by atoms with Gasteiger partial charge in [-0.1, -0.05) is 20.3 Å². The lowest BCUT2D eigenvalue weighted by Crippen LogP contribution is -2.36. The van der Waals surface area contributed by atoms with Crippen LogP contribution in [0.5, 0.6) is 0 Å². The molecule has 0 amide bonds. The first kappa shape index (κ1) is 14.9. The van der Waals surface area contributed by atoms with Crippen LogP contribution in [0.25, 0.3) is 0 Å². The van der Waals surface area contributed by atoms with Crippen molar-refractivity contribution in [2.45, 2.75) is 46.1 Å². The maximum atomic E-state index is 11.6. The average molecular weight is 237 g/mol. The molecule has 0 spiro atoms. The Hall–Kier alpha value is -0.130. The monoisotopic (exact) mass is 237 g/mol. The van der Waals surface area contributed by atoms with Crippen molar-refractivity contribution in [1.82, 2.24) is 4.72 Å². The van der Waals surface area contributed by atoms with E-state index in [1.165, 1.54) is 0 Å². The molecular formula is C10H23NO3S. The molecule has 0 aliphatic carbocycles. The van der Waals surface area contributed by atoms with Gasteiger partial charge >= 0.3 is 0 Å². The van der Waals surface area contributed by atoms with E-state index in [0.717, 1.165) is 6.42 Å². The lowest BCUT2D eigenvalue weighted by molar-refractivity contribution is 0.279. The third kappa shape index (κ3) is 7.76. The summed E-state index contributed by atoms with van der Waals surface area (Å²) in [5.74, 6) is 0.375. The molecular weight excluding hydrogens is 214 g/mol. The first-order valence-electron chi connectivity index (χ1n) is 5.52. The molecule has 2 atom stereocenters. The summed E-state index contributed by atoms with van der Waals surface area (Å²) in [6.45, 7) is 5.84. The van der Waals surface area contributed by atoms with E-state index in [0.29, 0.717) is 12.8 Å². The van der Waals surface area contributed by atoms with Gasteiger partial charge in [0.15, 0.2) is 0 Å². The number of rotatable bonds is 8. The first-order valence-corrected chi connectivity index (χ1v) is 7.17. The van der Waals surface area contributed by atoms with Gasteiger partial charge in [0, 0.05) is 12.6 Å². The number of aliphatic hydroxyl groups is 1. The van der Waals surface area contributed by atoms with Crippen LogP contribution in [0.3, 0.4) is 0 Å². The molecule has 0 aromatic heterocycles. The fourth-order valence-corrected chi connectivity index (χ4v) is 3.12. The van der Waals surface area contributed by atoms with Crippen molar-refractivity contribution in [3.05, 3.63) is 0 Å². The lowest BCUT2D eigenvalue weighted by atomic mass is 10.2. The van der Waals surface area contributed by atoms with Crippen LogP contribution in [-0.4, -0.2) is 31.9 Å². The molecule has 4 nitrogen and oxygen atoms in total. The van der Waals surface area contributed by atoms with Gasteiger partial charge in [0.1, 0.15) is 0 Å². The van der Waals surface area contributed by atoms with Gasteiger partial charge in [-0.2, -0.15) is 0 Å². The summed E-state index contributed by atoms with van der Waals surface area (Å²) >= 11 is 0. The summed E-state index contributed by atoms with van der Waals surface area (Å²) in [5.41, 5.74) is 0. The van der Waals surface area contributed by atoms with Gasteiger partial charge in [-0.3, -0.25) is 0 Å². The summed E-state index contributed by atoms with van der Waals surface area (Å²) in [6, 6.07) is -0.0915. The molecule has 0 saturated carbocycles. The van der Waals surface area contributed by atoms with Gasteiger partial charge in [-0.25, -0.2) is 13.1 Å². The highest BCUT2D eigenvalue weighted by molar-refractivity contribution is 7.89. The second kappa shape index (κ2) is 7.19. The Bertz CT molecular complexity index is 251. The molecule has 15 heavy (non-hydrogen) atoms. The van der Waals surface area contributed by atoms with E-state index in [-0.39, 0.29) is 24.3 Å². The Kier molecular flexibility index (Phi) is 7.13. The molecule has 0 saturated heterocycles. The summed E-state index contributed by atoms with van der Waals surface area (Å²) in [4.78, 5) is 0. The Morgan fingerprint density at radius 1 is 1.33 bits per heavy atom. The summed E-state index contributed by atoms with van der Waals surface area (Å²) in [7, 11) is -3.15. The van der Waals surface area contributed by atoms with Gasteiger partial charge in [0.25, 0.3) is 0 Å². The Morgan fingerprint density at radius 3 is 2.40 bits per heavy atom. The predicted octanol–water partition coefficient (Wildman–Crippen LogP) is 1.11. The summed E-state index contributed by atoms with van der Waals surface area (Å²) in [5, 5.41) is 8.62. The molecule has 2 N–H and O–H groups in total. The van der Waals surface area contributed by atoms with Crippen LogP contribution in [0.1, 0.15) is 40.0 Å². The van der Waals surface area contributed by atoms with Crippen molar-refractivity contribution in [2.24, 2.45) is 5.92 Å². The third-order valence-electron chi connectivity index (χ3n) is 2.38. The molecule has 5 heteroatoms. The molecule has 0 radical (unpaired) electrons. The maximum Gasteiger partial charge on any atom is 0.212 e. The Labute approximate surface area is 93.1 Å². The second-order valence-corrected chi connectivity index (χ2v) is 5.98. The van der Waals surface area contributed by atoms with Gasteiger partial charge in [-0.05, 0) is 25.7 Å². The first-order chi connectivity index (χ1) is 6.91. The van der Waals surface area contributed by atoms with Crippen molar-refractivity contribution in [1.29, 1.82) is 0 Å². The van der Waals surface area contributed by atoms with E-state index >= 15 is 0 Å². The van der Waals surface area contributed by atoms with E-state index in [4.69, 9.17) is 5.11 Å². The van der Waals surface area contributed by atoms with Crippen molar-refractivity contribution in [3.63, 3.8) is 0 Å². The topological polar surface area (TPSA) is 66.4 Å². The number of sulfonamides is 1. The van der Waals surface area contributed by atoms with Crippen LogP contribution in [0.15, 0.2) is 0 Å². The minimum atomic E-state index is -3.15. The fraction of sp³-hybridized carbons (Fsp3) is 1.00. The van der Waals surface area contributed by atoms with Crippen LogP contribution in [0, 0.1) is 5.92 Å². The molecule has 0 bridgehead atoms. The normalized spacial score (nSPS) is 16.3.